The van der Waals surface area contributed by atoms with Gasteiger partial charge in [-0.05, 0) is 18.1 Å². The van der Waals surface area contributed by atoms with E-state index in [0.29, 0.717) is 12.0 Å². The number of allylic oxidation sites excluding steroid dienone is 2. The summed E-state index contributed by atoms with van der Waals surface area (Å²) in [6, 6.07) is 0. The Bertz CT molecular complexity index is 417. The van der Waals surface area contributed by atoms with Gasteiger partial charge in [0.2, 0.25) is 0 Å². The van der Waals surface area contributed by atoms with Crippen LogP contribution >= 0.6 is 0 Å². The molecule has 0 spiro atoms. The Balaban J connectivity index is 2.88. The molecule has 0 saturated heterocycles. The summed E-state index contributed by atoms with van der Waals surface area (Å²) in [4.78, 5) is 22.6. The molecule has 0 aliphatic heterocycles. The van der Waals surface area contributed by atoms with Crippen molar-refractivity contribution in [2.75, 3.05) is 13.2 Å². The van der Waals surface area contributed by atoms with Crippen LogP contribution in [0, 0.1) is 5.92 Å². The quantitative estimate of drug-likeness (QED) is 0.715. The molecule has 1 aliphatic rings. The molecule has 0 heterocycles. The van der Waals surface area contributed by atoms with Gasteiger partial charge in [-0.25, -0.2) is 4.79 Å². The van der Waals surface area contributed by atoms with Crippen LogP contribution in [-0.4, -0.2) is 35.4 Å². The number of carboxylic acids is 1. The molecule has 1 aliphatic carbocycles. The third kappa shape index (κ3) is 3.56. The summed E-state index contributed by atoms with van der Waals surface area (Å²) < 4.78 is 4.85. The molecule has 0 radical (unpaired) electrons. The summed E-state index contributed by atoms with van der Waals surface area (Å²) in [5, 5.41) is 17.5. The predicted molar refractivity (Wildman–Crippen MR) is 64.8 cm³/mol. The summed E-state index contributed by atoms with van der Waals surface area (Å²) in [6.07, 6.45) is 6.84. The maximum Gasteiger partial charge on any atom is 0.335 e. The van der Waals surface area contributed by atoms with E-state index in [0.717, 1.165) is 0 Å². The molecular formula is C13H16O5. The number of aliphatic hydroxyl groups excluding tert-OH is 1. The molecule has 0 aromatic carbocycles. The van der Waals surface area contributed by atoms with Gasteiger partial charge in [0.25, 0.3) is 0 Å². The van der Waals surface area contributed by atoms with Crippen molar-refractivity contribution in [2.45, 2.75) is 13.3 Å². The number of carbonyl (C=O) groups is 2. The minimum Gasteiger partial charge on any atom is -0.478 e. The van der Waals surface area contributed by atoms with Crippen LogP contribution < -0.4 is 0 Å². The molecule has 1 atom stereocenters. The number of carboxylic acid groups (broad SMARTS) is 1. The number of carbonyl (C=O) groups excluding carboxylic acids is 1. The van der Waals surface area contributed by atoms with Crippen LogP contribution in [0.1, 0.15) is 13.3 Å². The van der Waals surface area contributed by atoms with Crippen molar-refractivity contribution in [1.29, 1.82) is 0 Å². The first-order valence-electron chi connectivity index (χ1n) is 5.70. The predicted octanol–water partition coefficient (Wildman–Crippen LogP) is 1.06. The average molecular weight is 252 g/mol. The van der Waals surface area contributed by atoms with E-state index in [9.17, 15) is 9.59 Å². The second kappa shape index (κ2) is 6.76. The number of hydrogen-bond donors (Lipinski definition) is 2. The summed E-state index contributed by atoms with van der Waals surface area (Å²) in [7, 11) is 0. The normalized spacial score (nSPS) is 20.7. The lowest BCUT2D eigenvalue weighted by atomic mass is 9.90. The molecule has 0 aromatic heterocycles. The minimum atomic E-state index is -1.03. The molecule has 0 amide bonds. The molecule has 18 heavy (non-hydrogen) atoms. The SMILES string of the molecule is CCC=C1C=C(C(=O)O)C=CC1C(=O)OCCO. The Morgan fingerprint density at radius 2 is 2.22 bits per heavy atom. The van der Waals surface area contributed by atoms with Crippen LogP contribution in [0.15, 0.2) is 35.5 Å². The number of ether oxygens (including phenoxy) is 1. The van der Waals surface area contributed by atoms with Crippen LogP contribution in [0.4, 0.5) is 0 Å². The van der Waals surface area contributed by atoms with Crippen molar-refractivity contribution in [1.82, 2.24) is 0 Å². The molecule has 5 heteroatoms. The van der Waals surface area contributed by atoms with E-state index in [-0.39, 0.29) is 18.8 Å². The maximum atomic E-state index is 11.7. The van der Waals surface area contributed by atoms with E-state index in [4.69, 9.17) is 14.9 Å². The highest BCUT2D eigenvalue weighted by Gasteiger charge is 2.24. The molecule has 0 saturated carbocycles. The third-order valence-electron chi connectivity index (χ3n) is 2.43. The molecule has 0 aromatic rings. The van der Waals surface area contributed by atoms with Gasteiger partial charge in [-0.2, -0.15) is 0 Å². The van der Waals surface area contributed by atoms with Crippen molar-refractivity contribution < 1.29 is 24.5 Å². The van der Waals surface area contributed by atoms with Crippen molar-refractivity contribution in [2.24, 2.45) is 5.92 Å². The zero-order chi connectivity index (χ0) is 13.5. The smallest absolute Gasteiger partial charge is 0.335 e. The van der Waals surface area contributed by atoms with Gasteiger partial charge in [-0.15, -0.1) is 0 Å². The molecule has 0 bridgehead atoms. The van der Waals surface area contributed by atoms with Gasteiger partial charge in [-0.1, -0.05) is 25.2 Å². The fourth-order valence-electron chi connectivity index (χ4n) is 1.63. The van der Waals surface area contributed by atoms with Gasteiger partial charge in [0, 0.05) is 0 Å². The Morgan fingerprint density at radius 1 is 1.50 bits per heavy atom. The fraction of sp³-hybridized carbons (Fsp3) is 0.385. The van der Waals surface area contributed by atoms with Gasteiger partial charge >= 0.3 is 11.9 Å². The standard InChI is InChI=1S/C13H16O5/c1-2-3-9-8-10(12(15)16)4-5-11(9)13(17)18-7-6-14/h3-5,8,11,14H,2,6-7H2,1H3,(H,15,16). The van der Waals surface area contributed by atoms with Gasteiger partial charge in [-0.3, -0.25) is 4.79 Å². The molecule has 1 rings (SSSR count). The Morgan fingerprint density at radius 3 is 2.78 bits per heavy atom. The highest BCUT2D eigenvalue weighted by molar-refractivity contribution is 5.92. The minimum absolute atomic E-state index is 0.0575. The summed E-state index contributed by atoms with van der Waals surface area (Å²) in [5.74, 6) is -2.12. The molecular weight excluding hydrogens is 236 g/mol. The Labute approximate surface area is 105 Å². The van der Waals surface area contributed by atoms with Gasteiger partial charge < -0.3 is 14.9 Å². The van der Waals surface area contributed by atoms with E-state index in [1.165, 1.54) is 18.2 Å². The van der Waals surface area contributed by atoms with E-state index in [2.05, 4.69) is 0 Å². The van der Waals surface area contributed by atoms with Crippen molar-refractivity contribution in [3.63, 3.8) is 0 Å². The number of esters is 1. The number of aliphatic hydroxyl groups is 1. The zero-order valence-corrected chi connectivity index (χ0v) is 10.1. The highest BCUT2D eigenvalue weighted by atomic mass is 16.5. The van der Waals surface area contributed by atoms with Crippen molar-refractivity contribution >= 4 is 11.9 Å². The van der Waals surface area contributed by atoms with E-state index >= 15 is 0 Å². The molecule has 1 unspecified atom stereocenters. The number of hydrogen-bond acceptors (Lipinski definition) is 4. The van der Waals surface area contributed by atoms with Crippen LogP contribution in [0.25, 0.3) is 0 Å². The lowest BCUT2D eigenvalue weighted by Crippen LogP contribution is -2.21. The van der Waals surface area contributed by atoms with Crippen LogP contribution in [0.2, 0.25) is 0 Å². The fourth-order valence-corrected chi connectivity index (χ4v) is 1.63. The average Bonchev–Trinajstić information content (AvgIpc) is 2.36. The summed E-state index contributed by atoms with van der Waals surface area (Å²) in [5.41, 5.74) is 0.751. The Hall–Kier alpha value is -1.88. The van der Waals surface area contributed by atoms with Gasteiger partial charge in [0.05, 0.1) is 18.1 Å². The van der Waals surface area contributed by atoms with Crippen LogP contribution in [0.5, 0.6) is 0 Å². The first-order chi connectivity index (χ1) is 8.60. The molecule has 2 N–H and O–H groups in total. The summed E-state index contributed by atoms with van der Waals surface area (Å²) in [6.45, 7) is 1.61. The van der Waals surface area contributed by atoms with Crippen LogP contribution in [-0.2, 0) is 14.3 Å². The zero-order valence-electron chi connectivity index (χ0n) is 10.1. The molecule has 0 fully saturated rings. The van der Waals surface area contributed by atoms with E-state index < -0.39 is 17.9 Å². The molecule has 98 valence electrons. The van der Waals surface area contributed by atoms with E-state index in [1.54, 1.807) is 6.08 Å². The maximum absolute atomic E-state index is 11.7. The largest absolute Gasteiger partial charge is 0.478 e. The lowest BCUT2D eigenvalue weighted by Gasteiger charge is -2.17. The van der Waals surface area contributed by atoms with Crippen molar-refractivity contribution in [3.05, 3.63) is 35.5 Å². The molecule has 5 nitrogen and oxygen atoms in total. The monoisotopic (exact) mass is 252 g/mol. The second-order valence-electron chi connectivity index (χ2n) is 3.75. The highest BCUT2D eigenvalue weighted by Crippen LogP contribution is 2.24. The number of aliphatic carboxylic acids is 1. The van der Waals surface area contributed by atoms with E-state index in [1.807, 2.05) is 6.92 Å². The number of rotatable bonds is 5. The van der Waals surface area contributed by atoms with Gasteiger partial charge in [0.1, 0.15) is 6.61 Å². The topological polar surface area (TPSA) is 83.8 Å². The first-order valence-corrected chi connectivity index (χ1v) is 5.70. The third-order valence-corrected chi connectivity index (χ3v) is 2.43. The second-order valence-corrected chi connectivity index (χ2v) is 3.75. The van der Waals surface area contributed by atoms with Crippen LogP contribution in [0.3, 0.4) is 0 Å². The first kappa shape index (κ1) is 14.2. The van der Waals surface area contributed by atoms with Crippen molar-refractivity contribution in [3.8, 4) is 0 Å². The Kier molecular flexibility index (Phi) is 5.32. The lowest BCUT2D eigenvalue weighted by molar-refractivity contribution is -0.146. The van der Waals surface area contributed by atoms with Gasteiger partial charge in [0.15, 0.2) is 0 Å². The summed E-state index contributed by atoms with van der Waals surface area (Å²) >= 11 is 0.